The summed E-state index contributed by atoms with van der Waals surface area (Å²) in [6.07, 6.45) is 3.85. The van der Waals surface area contributed by atoms with Gasteiger partial charge in [-0.1, -0.05) is 24.1 Å². The molecule has 5 heteroatoms. The molecular formula is C16H24ClN3O. The van der Waals surface area contributed by atoms with Gasteiger partial charge in [0.05, 0.1) is 0 Å². The minimum absolute atomic E-state index is 0.182. The summed E-state index contributed by atoms with van der Waals surface area (Å²) in [5.41, 5.74) is 1.72. The zero-order valence-electron chi connectivity index (χ0n) is 12.8. The van der Waals surface area contributed by atoms with E-state index in [4.69, 9.17) is 11.6 Å². The number of likely N-dealkylation sites (tertiary alicyclic amines) is 1. The van der Waals surface area contributed by atoms with Gasteiger partial charge in [0.1, 0.15) is 0 Å². The van der Waals surface area contributed by atoms with Gasteiger partial charge in [0, 0.05) is 23.3 Å². The molecule has 4 nitrogen and oxygen atoms in total. The van der Waals surface area contributed by atoms with Crippen molar-refractivity contribution in [3.8, 4) is 0 Å². The summed E-state index contributed by atoms with van der Waals surface area (Å²) in [6.45, 7) is 7.03. The van der Waals surface area contributed by atoms with Crippen LogP contribution in [0.2, 0.25) is 5.02 Å². The lowest BCUT2D eigenvalue weighted by molar-refractivity contribution is 0.171. The molecule has 1 aliphatic rings. The Bertz CT molecular complexity index is 486. The van der Waals surface area contributed by atoms with E-state index in [9.17, 15) is 4.79 Å². The van der Waals surface area contributed by atoms with E-state index in [1.165, 1.54) is 19.3 Å². The molecule has 116 valence electrons. The van der Waals surface area contributed by atoms with Crippen molar-refractivity contribution in [2.45, 2.75) is 39.2 Å². The van der Waals surface area contributed by atoms with E-state index in [1.807, 2.05) is 19.1 Å². The fourth-order valence-corrected chi connectivity index (χ4v) is 2.76. The Kier molecular flexibility index (Phi) is 5.88. The van der Waals surface area contributed by atoms with Crippen LogP contribution < -0.4 is 10.6 Å². The van der Waals surface area contributed by atoms with Gasteiger partial charge in [-0.3, -0.25) is 4.90 Å². The topological polar surface area (TPSA) is 44.4 Å². The summed E-state index contributed by atoms with van der Waals surface area (Å²) < 4.78 is 0. The second kappa shape index (κ2) is 7.66. The molecule has 0 spiro atoms. The van der Waals surface area contributed by atoms with Crippen LogP contribution in [0.5, 0.6) is 0 Å². The van der Waals surface area contributed by atoms with Crippen LogP contribution in [-0.2, 0) is 0 Å². The number of hydrogen-bond acceptors (Lipinski definition) is 2. The highest BCUT2D eigenvalue weighted by Gasteiger charge is 2.17. The van der Waals surface area contributed by atoms with Gasteiger partial charge in [-0.15, -0.1) is 0 Å². The number of nitrogens with zero attached hydrogens (tertiary/aromatic N) is 1. The van der Waals surface area contributed by atoms with Gasteiger partial charge in [0.2, 0.25) is 0 Å². The average Bonchev–Trinajstić information content (AvgIpc) is 2.49. The van der Waals surface area contributed by atoms with Gasteiger partial charge in [-0.2, -0.15) is 0 Å². The third-order valence-electron chi connectivity index (χ3n) is 4.00. The van der Waals surface area contributed by atoms with Crippen LogP contribution in [0.25, 0.3) is 0 Å². The number of urea groups is 1. The van der Waals surface area contributed by atoms with E-state index in [0.717, 1.165) is 18.7 Å². The molecule has 2 rings (SSSR count). The van der Waals surface area contributed by atoms with Crippen molar-refractivity contribution in [2.24, 2.45) is 0 Å². The van der Waals surface area contributed by atoms with Gasteiger partial charge in [0.15, 0.2) is 0 Å². The minimum Gasteiger partial charge on any atom is -0.336 e. The SMILES string of the molecule is Cc1ccc(NC(=O)NCC(C)N2CCCCC2)cc1Cl. The van der Waals surface area contributed by atoms with Crippen LogP contribution in [0.3, 0.4) is 0 Å². The van der Waals surface area contributed by atoms with Gasteiger partial charge in [-0.05, 0) is 57.5 Å². The third-order valence-corrected chi connectivity index (χ3v) is 4.41. The van der Waals surface area contributed by atoms with E-state index < -0.39 is 0 Å². The van der Waals surface area contributed by atoms with Crippen LogP contribution in [0.15, 0.2) is 18.2 Å². The molecule has 1 aromatic carbocycles. The number of hydrogen-bond donors (Lipinski definition) is 2. The first-order chi connectivity index (χ1) is 10.1. The van der Waals surface area contributed by atoms with Crippen LogP contribution in [0, 0.1) is 6.92 Å². The maximum Gasteiger partial charge on any atom is 0.319 e. The zero-order chi connectivity index (χ0) is 15.2. The Morgan fingerprint density at radius 1 is 1.33 bits per heavy atom. The molecule has 1 aliphatic heterocycles. The fraction of sp³-hybridized carbons (Fsp3) is 0.562. The average molecular weight is 310 g/mol. The number of carbonyl (C=O) groups is 1. The Hall–Kier alpha value is -1.26. The molecule has 1 saturated heterocycles. The molecule has 21 heavy (non-hydrogen) atoms. The van der Waals surface area contributed by atoms with Gasteiger partial charge < -0.3 is 10.6 Å². The second-order valence-corrected chi connectivity index (χ2v) is 6.15. The number of halogens is 1. The number of amides is 2. The van der Waals surface area contributed by atoms with Crippen molar-refractivity contribution in [1.29, 1.82) is 0 Å². The first kappa shape index (κ1) is 16.1. The summed E-state index contributed by atoms with van der Waals surface area (Å²) in [7, 11) is 0. The van der Waals surface area contributed by atoms with E-state index in [-0.39, 0.29) is 6.03 Å². The Balaban J connectivity index is 1.77. The van der Waals surface area contributed by atoms with Crippen molar-refractivity contribution in [2.75, 3.05) is 25.0 Å². The van der Waals surface area contributed by atoms with Crippen LogP contribution in [0.1, 0.15) is 31.7 Å². The quantitative estimate of drug-likeness (QED) is 0.892. The Morgan fingerprint density at radius 3 is 2.71 bits per heavy atom. The van der Waals surface area contributed by atoms with E-state index in [2.05, 4.69) is 22.5 Å². The molecule has 1 atom stereocenters. The maximum absolute atomic E-state index is 11.9. The highest BCUT2D eigenvalue weighted by atomic mass is 35.5. The molecule has 1 fully saturated rings. The molecule has 1 heterocycles. The Morgan fingerprint density at radius 2 is 2.05 bits per heavy atom. The minimum atomic E-state index is -0.182. The number of benzene rings is 1. The lowest BCUT2D eigenvalue weighted by atomic mass is 10.1. The molecule has 2 amide bonds. The lowest BCUT2D eigenvalue weighted by Crippen LogP contribution is -2.45. The normalized spacial score (nSPS) is 17.3. The number of anilines is 1. The van der Waals surface area contributed by atoms with Crippen molar-refractivity contribution >= 4 is 23.3 Å². The molecule has 0 radical (unpaired) electrons. The summed E-state index contributed by atoms with van der Waals surface area (Å²) in [5, 5.41) is 6.40. The third kappa shape index (κ3) is 4.90. The van der Waals surface area contributed by atoms with Gasteiger partial charge in [0.25, 0.3) is 0 Å². The van der Waals surface area contributed by atoms with E-state index >= 15 is 0 Å². The van der Waals surface area contributed by atoms with E-state index in [1.54, 1.807) is 6.07 Å². The van der Waals surface area contributed by atoms with Crippen LogP contribution in [0.4, 0.5) is 10.5 Å². The summed E-state index contributed by atoms with van der Waals surface area (Å²) in [5.74, 6) is 0. The molecule has 0 aromatic heterocycles. The van der Waals surface area contributed by atoms with Gasteiger partial charge >= 0.3 is 6.03 Å². The number of carbonyl (C=O) groups excluding carboxylic acids is 1. The molecule has 1 aromatic rings. The lowest BCUT2D eigenvalue weighted by Gasteiger charge is -2.32. The number of piperidine rings is 1. The monoisotopic (exact) mass is 309 g/mol. The number of nitrogens with one attached hydrogen (secondary N) is 2. The van der Waals surface area contributed by atoms with Crippen LogP contribution in [-0.4, -0.2) is 36.6 Å². The molecule has 1 unspecified atom stereocenters. The van der Waals surface area contributed by atoms with Crippen LogP contribution >= 0.6 is 11.6 Å². The summed E-state index contributed by atoms with van der Waals surface area (Å²) >= 11 is 6.05. The number of aryl methyl sites for hydroxylation is 1. The largest absolute Gasteiger partial charge is 0.336 e. The van der Waals surface area contributed by atoms with Crippen molar-refractivity contribution < 1.29 is 4.79 Å². The highest BCUT2D eigenvalue weighted by Crippen LogP contribution is 2.19. The summed E-state index contributed by atoms with van der Waals surface area (Å²) in [6, 6.07) is 5.71. The van der Waals surface area contributed by atoms with Gasteiger partial charge in [-0.25, -0.2) is 4.79 Å². The molecule has 0 aliphatic carbocycles. The smallest absolute Gasteiger partial charge is 0.319 e. The summed E-state index contributed by atoms with van der Waals surface area (Å²) in [4.78, 5) is 14.3. The predicted octanol–water partition coefficient (Wildman–Crippen LogP) is 3.64. The molecule has 2 N–H and O–H groups in total. The maximum atomic E-state index is 11.9. The highest BCUT2D eigenvalue weighted by molar-refractivity contribution is 6.31. The van der Waals surface area contributed by atoms with Crippen molar-refractivity contribution in [3.05, 3.63) is 28.8 Å². The fourth-order valence-electron chi connectivity index (χ4n) is 2.57. The number of rotatable bonds is 4. The molecule has 0 saturated carbocycles. The zero-order valence-corrected chi connectivity index (χ0v) is 13.5. The van der Waals surface area contributed by atoms with Crippen molar-refractivity contribution in [3.63, 3.8) is 0 Å². The molecular weight excluding hydrogens is 286 g/mol. The molecule has 0 bridgehead atoms. The standard InChI is InChI=1S/C16H24ClN3O/c1-12-6-7-14(10-15(12)17)19-16(21)18-11-13(2)20-8-4-3-5-9-20/h6-7,10,13H,3-5,8-9,11H2,1-2H3,(H2,18,19,21). The Labute approximate surface area is 131 Å². The predicted molar refractivity (Wildman–Crippen MR) is 88.1 cm³/mol. The van der Waals surface area contributed by atoms with Crippen molar-refractivity contribution in [1.82, 2.24) is 10.2 Å². The van der Waals surface area contributed by atoms with E-state index in [0.29, 0.717) is 23.3 Å². The first-order valence-corrected chi connectivity index (χ1v) is 7.99. The second-order valence-electron chi connectivity index (χ2n) is 5.74. The first-order valence-electron chi connectivity index (χ1n) is 7.61.